The van der Waals surface area contributed by atoms with Gasteiger partial charge in [-0.15, -0.1) is 0 Å². The summed E-state index contributed by atoms with van der Waals surface area (Å²) in [5.41, 5.74) is 1.58. The van der Waals surface area contributed by atoms with Gasteiger partial charge in [-0.25, -0.2) is 0 Å². The third-order valence-electron chi connectivity index (χ3n) is 4.32. The van der Waals surface area contributed by atoms with Gasteiger partial charge in [-0.05, 0) is 31.9 Å². The average molecular weight is 293 g/mol. The lowest BCUT2D eigenvalue weighted by atomic mass is 9.92. The van der Waals surface area contributed by atoms with Crippen LogP contribution in [-0.4, -0.2) is 30.5 Å². The number of hydrogen-bond acceptors (Lipinski definition) is 4. The largest absolute Gasteiger partial charge is 0.497 e. The minimum Gasteiger partial charge on any atom is -0.497 e. The molecule has 0 saturated heterocycles. The zero-order valence-corrected chi connectivity index (χ0v) is 13.7. The van der Waals surface area contributed by atoms with E-state index >= 15 is 0 Å². The number of rotatable bonds is 6. The summed E-state index contributed by atoms with van der Waals surface area (Å²) in [4.78, 5) is 0. The second kappa shape index (κ2) is 6.24. The first kappa shape index (κ1) is 16.1. The molecule has 118 valence electrons. The van der Waals surface area contributed by atoms with E-state index in [1.807, 2.05) is 32.9 Å². The molecular formula is C17H27NO3. The van der Waals surface area contributed by atoms with Crippen LogP contribution < -0.4 is 14.8 Å². The van der Waals surface area contributed by atoms with Crippen LogP contribution in [0.4, 0.5) is 0 Å². The molecule has 2 rings (SSSR count). The maximum Gasteiger partial charge on any atom is 0.127 e. The van der Waals surface area contributed by atoms with Gasteiger partial charge in [-0.2, -0.15) is 0 Å². The normalized spacial score (nSPS) is 20.0. The molecule has 4 heteroatoms. The number of nitrogens with one attached hydrogen (secondary N) is 1. The van der Waals surface area contributed by atoms with E-state index in [0.717, 1.165) is 23.5 Å². The van der Waals surface area contributed by atoms with Crippen molar-refractivity contribution >= 4 is 0 Å². The highest BCUT2D eigenvalue weighted by atomic mass is 16.5. The first-order valence-electron chi connectivity index (χ1n) is 7.63. The summed E-state index contributed by atoms with van der Waals surface area (Å²) in [5, 5.41) is 13.6. The van der Waals surface area contributed by atoms with Gasteiger partial charge in [-0.1, -0.05) is 13.8 Å². The van der Waals surface area contributed by atoms with Gasteiger partial charge in [0, 0.05) is 30.6 Å². The van der Waals surface area contributed by atoms with Gasteiger partial charge in [-0.3, -0.25) is 0 Å². The van der Waals surface area contributed by atoms with Crippen LogP contribution in [0.5, 0.6) is 11.5 Å². The van der Waals surface area contributed by atoms with Gasteiger partial charge in [0.1, 0.15) is 17.6 Å². The van der Waals surface area contributed by atoms with E-state index in [1.165, 1.54) is 5.56 Å². The van der Waals surface area contributed by atoms with E-state index in [4.69, 9.17) is 9.47 Å². The van der Waals surface area contributed by atoms with Crippen molar-refractivity contribution in [1.82, 2.24) is 5.32 Å². The number of hydrogen-bond donors (Lipinski definition) is 2. The van der Waals surface area contributed by atoms with Crippen LogP contribution in [0.1, 0.15) is 38.8 Å². The van der Waals surface area contributed by atoms with Crippen LogP contribution in [0.15, 0.2) is 12.1 Å². The fraction of sp³-hybridized carbons (Fsp3) is 0.647. The van der Waals surface area contributed by atoms with Crippen molar-refractivity contribution in [1.29, 1.82) is 0 Å². The summed E-state index contributed by atoms with van der Waals surface area (Å²) in [6, 6.07) is 4.06. The Morgan fingerprint density at radius 1 is 1.48 bits per heavy atom. The molecule has 1 aliphatic rings. The third kappa shape index (κ3) is 3.69. The molecule has 1 aliphatic heterocycles. The second-order valence-electron chi connectivity index (χ2n) is 6.52. The molecule has 0 spiro atoms. The highest BCUT2D eigenvalue weighted by Crippen LogP contribution is 2.36. The number of fused-ring (bicyclic) bond motifs is 1. The first-order valence-corrected chi connectivity index (χ1v) is 7.63. The molecule has 0 radical (unpaired) electrons. The molecule has 21 heavy (non-hydrogen) atoms. The van der Waals surface area contributed by atoms with Gasteiger partial charge >= 0.3 is 0 Å². The minimum atomic E-state index is -0.712. The Labute approximate surface area is 127 Å². The lowest BCUT2D eigenvalue weighted by molar-refractivity contribution is 0.0139. The highest BCUT2D eigenvalue weighted by molar-refractivity contribution is 5.49. The molecule has 0 aromatic heterocycles. The fourth-order valence-corrected chi connectivity index (χ4v) is 2.48. The lowest BCUT2D eigenvalue weighted by Gasteiger charge is -2.28. The number of aliphatic hydroxyl groups is 1. The number of methoxy groups -OCH3 is 1. The average Bonchev–Trinajstić information content (AvgIpc) is 2.78. The third-order valence-corrected chi connectivity index (χ3v) is 4.32. The number of ether oxygens (including phenoxy) is 2. The summed E-state index contributed by atoms with van der Waals surface area (Å²) in [7, 11) is 1.68. The Morgan fingerprint density at radius 3 is 2.81 bits per heavy atom. The molecule has 1 heterocycles. The van der Waals surface area contributed by atoms with Crippen molar-refractivity contribution in [2.24, 2.45) is 5.92 Å². The number of benzene rings is 1. The van der Waals surface area contributed by atoms with Crippen molar-refractivity contribution in [3.05, 3.63) is 23.3 Å². The smallest absolute Gasteiger partial charge is 0.127 e. The van der Waals surface area contributed by atoms with Crippen LogP contribution in [0, 0.1) is 5.92 Å². The zero-order valence-electron chi connectivity index (χ0n) is 13.7. The molecule has 0 fully saturated rings. The van der Waals surface area contributed by atoms with Crippen molar-refractivity contribution in [2.45, 2.75) is 52.4 Å². The van der Waals surface area contributed by atoms with E-state index in [1.54, 1.807) is 7.11 Å². The molecule has 0 amide bonds. The summed E-state index contributed by atoms with van der Waals surface area (Å²) in [5.74, 6) is 2.04. The Morgan fingerprint density at radius 2 is 2.19 bits per heavy atom. The predicted octanol–water partition coefficient (Wildman–Crippen LogP) is 2.52. The Hall–Kier alpha value is -1.26. The van der Waals surface area contributed by atoms with E-state index in [9.17, 15) is 5.11 Å². The van der Waals surface area contributed by atoms with Crippen LogP contribution in [-0.2, 0) is 13.0 Å². The van der Waals surface area contributed by atoms with Gasteiger partial charge in [0.2, 0.25) is 0 Å². The van der Waals surface area contributed by atoms with Crippen LogP contribution in [0.25, 0.3) is 0 Å². The summed E-state index contributed by atoms with van der Waals surface area (Å²) < 4.78 is 11.3. The zero-order chi connectivity index (χ0) is 15.6. The Kier molecular flexibility index (Phi) is 4.79. The van der Waals surface area contributed by atoms with Crippen molar-refractivity contribution < 1.29 is 14.6 Å². The molecule has 4 nitrogen and oxygen atoms in total. The monoisotopic (exact) mass is 293 g/mol. The molecule has 2 N–H and O–H groups in total. The van der Waals surface area contributed by atoms with Crippen molar-refractivity contribution in [2.75, 3.05) is 13.7 Å². The topological polar surface area (TPSA) is 50.7 Å². The molecule has 2 unspecified atom stereocenters. The van der Waals surface area contributed by atoms with Crippen molar-refractivity contribution in [3.63, 3.8) is 0 Å². The van der Waals surface area contributed by atoms with E-state index in [-0.39, 0.29) is 12.0 Å². The quantitative estimate of drug-likeness (QED) is 0.846. The molecule has 0 saturated carbocycles. The van der Waals surface area contributed by atoms with E-state index in [2.05, 4.69) is 12.2 Å². The molecular weight excluding hydrogens is 266 g/mol. The summed E-state index contributed by atoms with van der Waals surface area (Å²) in [6.07, 6.45) is 1.13. The van der Waals surface area contributed by atoms with Crippen LogP contribution in [0.3, 0.4) is 0 Å². The molecule has 0 bridgehead atoms. The summed E-state index contributed by atoms with van der Waals surface area (Å²) in [6.45, 7) is 9.19. The van der Waals surface area contributed by atoms with Gasteiger partial charge < -0.3 is 19.9 Å². The predicted molar refractivity (Wildman–Crippen MR) is 84.0 cm³/mol. The van der Waals surface area contributed by atoms with E-state index < -0.39 is 5.60 Å². The fourth-order valence-electron chi connectivity index (χ4n) is 2.48. The minimum absolute atomic E-state index is 0.206. The standard InChI is InChI=1S/C17H27NO3/c1-11(2)17(4,19)10-18-9-14-8-15(20-5)7-13-6-12(3)21-16(13)14/h7-8,11-12,18-19H,6,9-10H2,1-5H3. The van der Waals surface area contributed by atoms with Gasteiger partial charge in [0.15, 0.2) is 0 Å². The highest BCUT2D eigenvalue weighted by Gasteiger charge is 2.26. The van der Waals surface area contributed by atoms with Crippen molar-refractivity contribution in [3.8, 4) is 11.5 Å². The second-order valence-corrected chi connectivity index (χ2v) is 6.52. The molecule has 1 aromatic carbocycles. The Bertz CT molecular complexity index is 497. The molecule has 0 aliphatic carbocycles. The van der Waals surface area contributed by atoms with Gasteiger partial charge in [0.05, 0.1) is 12.7 Å². The first-order chi connectivity index (χ1) is 9.83. The maximum atomic E-state index is 10.3. The Balaban J connectivity index is 2.08. The lowest BCUT2D eigenvalue weighted by Crippen LogP contribution is -2.42. The van der Waals surface area contributed by atoms with E-state index in [0.29, 0.717) is 13.1 Å². The molecule has 2 atom stereocenters. The SMILES string of the molecule is COc1cc(CNCC(C)(O)C(C)C)c2c(c1)CC(C)O2. The maximum absolute atomic E-state index is 10.3. The summed E-state index contributed by atoms with van der Waals surface area (Å²) >= 11 is 0. The van der Waals surface area contributed by atoms with Crippen LogP contribution in [0.2, 0.25) is 0 Å². The van der Waals surface area contributed by atoms with Crippen LogP contribution >= 0.6 is 0 Å². The molecule has 1 aromatic rings. The van der Waals surface area contributed by atoms with Gasteiger partial charge in [0.25, 0.3) is 0 Å².